The Labute approximate surface area is 128 Å². The van der Waals surface area contributed by atoms with Gasteiger partial charge in [-0.25, -0.2) is 9.67 Å². The number of hydrogen-bond acceptors (Lipinski definition) is 6. The average Bonchev–Trinajstić information content (AvgIpc) is 3.09. The molecule has 0 aliphatic rings. The molecule has 2 N–H and O–H groups in total. The predicted octanol–water partition coefficient (Wildman–Crippen LogP) is 2.31. The minimum absolute atomic E-state index is 0.350. The van der Waals surface area contributed by atoms with Crippen molar-refractivity contribution in [2.75, 3.05) is 5.73 Å². The van der Waals surface area contributed by atoms with Crippen LogP contribution in [0.1, 0.15) is 5.69 Å². The molecule has 0 spiro atoms. The summed E-state index contributed by atoms with van der Waals surface area (Å²) in [6.07, 6.45) is 0. The number of hydrogen-bond donors (Lipinski definition) is 1. The SMILES string of the molecule is Cc1nn(C)c2c1nc(N)n2-c1c(Cl)ccc2nsnc12. The second kappa shape index (κ2) is 4.15. The van der Waals surface area contributed by atoms with E-state index < -0.39 is 0 Å². The van der Waals surface area contributed by atoms with E-state index in [0.717, 1.165) is 34.1 Å². The first-order chi connectivity index (χ1) is 10.1. The molecule has 4 rings (SSSR count). The van der Waals surface area contributed by atoms with E-state index in [2.05, 4.69) is 18.8 Å². The first kappa shape index (κ1) is 12.5. The Morgan fingerprint density at radius 1 is 1.24 bits per heavy atom. The van der Waals surface area contributed by atoms with Gasteiger partial charge >= 0.3 is 0 Å². The first-order valence-electron chi connectivity index (χ1n) is 6.16. The second-order valence-electron chi connectivity index (χ2n) is 4.71. The van der Waals surface area contributed by atoms with Crippen molar-refractivity contribution in [3.8, 4) is 5.69 Å². The Balaban J connectivity index is 2.21. The van der Waals surface area contributed by atoms with E-state index in [0.29, 0.717) is 22.2 Å². The molecule has 4 aromatic rings. The number of imidazole rings is 1. The van der Waals surface area contributed by atoms with Gasteiger partial charge < -0.3 is 5.73 Å². The highest BCUT2D eigenvalue weighted by Gasteiger charge is 2.21. The third-order valence-corrected chi connectivity index (χ3v) is 4.25. The van der Waals surface area contributed by atoms with E-state index in [9.17, 15) is 0 Å². The largest absolute Gasteiger partial charge is 0.369 e. The second-order valence-corrected chi connectivity index (χ2v) is 5.65. The fraction of sp³-hybridized carbons (Fsp3) is 0.167. The van der Waals surface area contributed by atoms with Crippen molar-refractivity contribution in [3.05, 3.63) is 22.8 Å². The van der Waals surface area contributed by atoms with Crippen molar-refractivity contribution in [2.24, 2.45) is 7.05 Å². The quantitative estimate of drug-likeness (QED) is 0.581. The molecular weight excluding hydrogens is 310 g/mol. The van der Waals surface area contributed by atoms with Crippen molar-refractivity contribution >= 4 is 51.5 Å². The van der Waals surface area contributed by atoms with Gasteiger partial charge in [-0.05, 0) is 19.1 Å². The van der Waals surface area contributed by atoms with Gasteiger partial charge in [0.1, 0.15) is 16.6 Å². The van der Waals surface area contributed by atoms with E-state index in [4.69, 9.17) is 17.3 Å². The Morgan fingerprint density at radius 3 is 2.86 bits per heavy atom. The Morgan fingerprint density at radius 2 is 2.05 bits per heavy atom. The Kier molecular flexibility index (Phi) is 2.48. The normalized spacial score (nSPS) is 11.8. The monoisotopic (exact) mass is 319 g/mol. The van der Waals surface area contributed by atoms with Gasteiger partial charge in [-0.2, -0.15) is 13.8 Å². The molecule has 3 heterocycles. The smallest absolute Gasteiger partial charge is 0.207 e. The maximum atomic E-state index is 6.39. The average molecular weight is 320 g/mol. The van der Waals surface area contributed by atoms with Gasteiger partial charge in [0.15, 0.2) is 5.65 Å². The number of aryl methyl sites for hydroxylation is 2. The number of anilines is 1. The predicted molar refractivity (Wildman–Crippen MR) is 83.0 cm³/mol. The van der Waals surface area contributed by atoms with E-state index >= 15 is 0 Å². The van der Waals surface area contributed by atoms with Crippen molar-refractivity contribution in [2.45, 2.75) is 6.92 Å². The van der Waals surface area contributed by atoms with E-state index in [-0.39, 0.29) is 0 Å². The topological polar surface area (TPSA) is 87.4 Å². The van der Waals surface area contributed by atoms with Crippen LogP contribution in [0.2, 0.25) is 5.02 Å². The molecule has 0 saturated heterocycles. The maximum Gasteiger partial charge on any atom is 0.207 e. The summed E-state index contributed by atoms with van der Waals surface area (Å²) in [6.45, 7) is 1.89. The van der Waals surface area contributed by atoms with Crippen molar-refractivity contribution in [1.29, 1.82) is 0 Å². The maximum absolute atomic E-state index is 6.39. The van der Waals surface area contributed by atoms with Crippen LogP contribution in [0.5, 0.6) is 0 Å². The van der Waals surface area contributed by atoms with Gasteiger partial charge in [-0.3, -0.25) is 4.57 Å². The molecule has 0 bridgehead atoms. The summed E-state index contributed by atoms with van der Waals surface area (Å²) in [5.41, 5.74) is 10.6. The molecule has 0 unspecified atom stereocenters. The highest BCUT2D eigenvalue weighted by molar-refractivity contribution is 7.00. The molecule has 1 aromatic carbocycles. The lowest BCUT2D eigenvalue weighted by Gasteiger charge is -2.09. The van der Waals surface area contributed by atoms with Gasteiger partial charge in [0.25, 0.3) is 0 Å². The first-order valence-corrected chi connectivity index (χ1v) is 7.27. The van der Waals surface area contributed by atoms with Crippen LogP contribution >= 0.6 is 23.3 Å². The molecule has 0 saturated carbocycles. The van der Waals surface area contributed by atoms with E-state index in [1.54, 1.807) is 15.3 Å². The standard InChI is InChI=1S/C12H10ClN7S/c1-5-8-11(19(2)16-5)20(12(14)15-8)10-6(13)3-4-7-9(10)18-21-17-7/h3-4H,1-2H3,(H2,14,15). The van der Waals surface area contributed by atoms with Crippen molar-refractivity contribution < 1.29 is 0 Å². The highest BCUT2D eigenvalue weighted by atomic mass is 35.5. The number of rotatable bonds is 1. The molecule has 0 atom stereocenters. The summed E-state index contributed by atoms with van der Waals surface area (Å²) in [5, 5.41) is 4.92. The van der Waals surface area contributed by atoms with Crippen LogP contribution in [0, 0.1) is 6.92 Å². The van der Waals surface area contributed by atoms with Gasteiger partial charge in [0.05, 0.1) is 28.1 Å². The summed E-state index contributed by atoms with van der Waals surface area (Å²) in [6, 6.07) is 3.62. The zero-order valence-corrected chi connectivity index (χ0v) is 12.8. The molecule has 3 aromatic heterocycles. The molecule has 0 amide bonds. The minimum atomic E-state index is 0.350. The van der Waals surface area contributed by atoms with Crippen LogP contribution in [-0.2, 0) is 7.05 Å². The van der Waals surface area contributed by atoms with Crippen LogP contribution in [0.25, 0.3) is 27.9 Å². The van der Waals surface area contributed by atoms with Crippen LogP contribution < -0.4 is 5.73 Å². The summed E-state index contributed by atoms with van der Waals surface area (Å²) < 4.78 is 12.1. The van der Waals surface area contributed by atoms with E-state index in [1.165, 1.54) is 0 Å². The molecule has 0 aliphatic carbocycles. The number of aromatic nitrogens is 6. The molecule has 0 fully saturated rings. The lowest BCUT2D eigenvalue weighted by Crippen LogP contribution is -2.06. The third kappa shape index (κ3) is 1.60. The molecule has 9 heteroatoms. The summed E-state index contributed by atoms with van der Waals surface area (Å²) in [7, 11) is 1.85. The van der Waals surface area contributed by atoms with Crippen LogP contribution in [0.15, 0.2) is 12.1 Å². The fourth-order valence-electron chi connectivity index (χ4n) is 2.54. The number of nitrogens with two attached hydrogens (primary N) is 1. The Bertz CT molecular complexity index is 996. The van der Waals surface area contributed by atoms with E-state index in [1.807, 2.05) is 20.0 Å². The van der Waals surface area contributed by atoms with Crippen LogP contribution in [0.3, 0.4) is 0 Å². The van der Waals surface area contributed by atoms with Crippen molar-refractivity contribution in [3.63, 3.8) is 0 Å². The molecule has 106 valence electrons. The summed E-state index contributed by atoms with van der Waals surface area (Å²) in [4.78, 5) is 4.40. The van der Waals surface area contributed by atoms with Crippen LogP contribution in [-0.4, -0.2) is 28.1 Å². The van der Waals surface area contributed by atoms with Gasteiger partial charge in [-0.15, -0.1) is 0 Å². The number of nitrogen functional groups attached to an aromatic ring is 1. The molecule has 0 radical (unpaired) electrons. The number of benzene rings is 1. The fourth-order valence-corrected chi connectivity index (χ4v) is 3.31. The number of halogens is 1. The zero-order valence-electron chi connectivity index (χ0n) is 11.2. The van der Waals surface area contributed by atoms with Crippen molar-refractivity contribution in [1.82, 2.24) is 28.1 Å². The lowest BCUT2D eigenvalue weighted by molar-refractivity contribution is 0.763. The zero-order chi connectivity index (χ0) is 14.7. The van der Waals surface area contributed by atoms with Gasteiger partial charge in [0.2, 0.25) is 5.95 Å². The Hall–Kier alpha value is -2.19. The minimum Gasteiger partial charge on any atom is -0.369 e. The lowest BCUT2D eigenvalue weighted by atomic mass is 10.2. The third-order valence-electron chi connectivity index (χ3n) is 3.40. The number of nitrogens with zero attached hydrogens (tertiary/aromatic N) is 6. The van der Waals surface area contributed by atoms with Gasteiger partial charge in [-0.1, -0.05) is 11.6 Å². The summed E-state index contributed by atoms with van der Waals surface area (Å²) in [5.74, 6) is 0.350. The van der Waals surface area contributed by atoms with Crippen LogP contribution in [0.4, 0.5) is 5.95 Å². The summed E-state index contributed by atoms with van der Waals surface area (Å²) >= 11 is 7.52. The van der Waals surface area contributed by atoms with Gasteiger partial charge in [0, 0.05) is 7.05 Å². The highest BCUT2D eigenvalue weighted by Crippen LogP contribution is 2.33. The molecule has 0 aliphatic heterocycles. The molecule has 7 nitrogen and oxygen atoms in total. The molecular formula is C12H10ClN7S. The molecule has 21 heavy (non-hydrogen) atoms. The number of fused-ring (bicyclic) bond motifs is 2.